The molecule has 1 amide bonds. The standard InChI is InChI=1S/C20H30F2N4O2.HI/c1-3-23-20(24-13-12-18(27)25-16-6-4-5-7-16)26(2)14-15-8-10-17(11-9-15)28-19(21)22;/h8-11,16,19H,3-7,12-14H2,1-2H3,(H,23,24)(H,25,27);1H. The Hall–Kier alpha value is -1.65. The second kappa shape index (κ2) is 13.6. The molecule has 1 fully saturated rings. The van der Waals surface area contributed by atoms with E-state index < -0.39 is 6.61 Å². The van der Waals surface area contributed by atoms with Crippen LogP contribution in [0.25, 0.3) is 0 Å². The predicted octanol–water partition coefficient (Wildman–Crippen LogP) is 3.75. The minimum absolute atomic E-state index is 0. The van der Waals surface area contributed by atoms with Gasteiger partial charge in [0.15, 0.2) is 5.96 Å². The third kappa shape index (κ3) is 9.60. The normalized spacial score (nSPS) is 14.4. The smallest absolute Gasteiger partial charge is 0.387 e. The molecule has 0 bridgehead atoms. The molecule has 0 spiro atoms. The van der Waals surface area contributed by atoms with Crippen LogP contribution in [-0.4, -0.2) is 49.6 Å². The van der Waals surface area contributed by atoms with Crippen molar-refractivity contribution < 1.29 is 18.3 Å². The maximum Gasteiger partial charge on any atom is 0.387 e. The maximum absolute atomic E-state index is 12.2. The first kappa shape index (κ1) is 25.4. The number of halogens is 3. The van der Waals surface area contributed by atoms with Crippen LogP contribution in [0.2, 0.25) is 0 Å². The lowest BCUT2D eigenvalue weighted by Crippen LogP contribution is -2.39. The van der Waals surface area contributed by atoms with E-state index in [9.17, 15) is 13.6 Å². The van der Waals surface area contributed by atoms with Gasteiger partial charge in [-0.2, -0.15) is 8.78 Å². The maximum atomic E-state index is 12.2. The topological polar surface area (TPSA) is 66.0 Å². The molecule has 1 aliphatic rings. The quantitative estimate of drug-likeness (QED) is 0.294. The van der Waals surface area contributed by atoms with Gasteiger partial charge in [-0.1, -0.05) is 25.0 Å². The van der Waals surface area contributed by atoms with Gasteiger partial charge in [0.25, 0.3) is 0 Å². The van der Waals surface area contributed by atoms with E-state index in [2.05, 4.69) is 20.4 Å². The summed E-state index contributed by atoms with van der Waals surface area (Å²) in [6, 6.07) is 6.85. The number of carbonyl (C=O) groups is 1. The summed E-state index contributed by atoms with van der Waals surface area (Å²) in [4.78, 5) is 18.5. The van der Waals surface area contributed by atoms with Gasteiger partial charge in [0.1, 0.15) is 5.75 Å². The van der Waals surface area contributed by atoms with Crippen LogP contribution in [0.1, 0.15) is 44.6 Å². The van der Waals surface area contributed by atoms with E-state index in [4.69, 9.17) is 0 Å². The third-order valence-electron chi connectivity index (χ3n) is 4.59. The lowest BCUT2D eigenvalue weighted by atomic mass is 10.2. The SMILES string of the molecule is CCNC(=NCCC(=O)NC1CCCC1)N(C)Cc1ccc(OC(F)F)cc1.I. The van der Waals surface area contributed by atoms with Crippen molar-refractivity contribution >= 4 is 35.8 Å². The molecule has 2 rings (SSSR count). The number of amides is 1. The number of alkyl halides is 2. The van der Waals surface area contributed by atoms with Crippen LogP contribution >= 0.6 is 24.0 Å². The lowest BCUT2D eigenvalue weighted by molar-refractivity contribution is -0.121. The predicted molar refractivity (Wildman–Crippen MR) is 121 cm³/mol. The largest absolute Gasteiger partial charge is 0.435 e. The monoisotopic (exact) mass is 524 g/mol. The summed E-state index contributed by atoms with van der Waals surface area (Å²) in [6.45, 7) is 0.819. The molecule has 0 aromatic heterocycles. The fourth-order valence-corrected chi connectivity index (χ4v) is 3.23. The van der Waals surface area contributed by atoms with Crippen molar-refractivity contribution in [2.75, 3.05) is 20.1 Å². The van der Waals surface area contributed by atoms with Crippen LogP contribution in [-0.2, 0) is 11.3 Å². The molecular formula is C20H31F2IN4O2. The summed E-state index contributed by atoms with van der Waals surface area (Å²) < 4.78 is 28.8. The highest BCUT2D eigenvalue weighted by molar-refractivity contribution is 14.0. The van der Waals surface area contributed by atoms with E-state index in [1.54, 1.807) is 12.1 Å². The van der Waals surface area contributed by atoms with Crippen molar-refractivity contribution in [2.24, 2.45) is 4.99 Å². The van der Waals surface area contributed by atoms with Crippen LogP contribution in [0, 0.1) is 0 Å². The van der Waals surface area contributed by atoms with Gasteiger partial charge in [0, 0.05) is 32.6 Å². The zero-order valence-electron chi connectivity index (χ0n) is 17.0. The van der Waals surface area contributed by atoms with Crippen molar-refractivity contribution in [3.8, 4) is 5.75 Å². The summed E-state index contributed by atoms with van der Waals surface area (Å²) in [6.07, 6.45) is 4.88. The Kier molecular flexibility index (Phi) is 11.9. The molecule has 0 unspecified atom stereocenters. The zero-order valence-corrected chi connectivity index (χ0v) is 19.3. The van der Waals surface area contributed by atoms with Gasteiger partial charge in [0.05, 0.1) is 6.54 Å². The number of nitrogens with one attached hydrogen (secondary N) is 2. The average molecular weight is 524 g/mol. The van der Waals surface area contributed by atoms with Gasteiger partial charge in [-0.15, -0.1) is 24.0 Å². The zero-order chi connectivity index (χ0) is 20.4. The number of rotatable bonds is 9. The van der Waals surface area contributed by atoms with Gasteiger partial charge >= 0.3 is 6.61 Å². The molecule has 6 nitrogen and oxygen atoms in total. The second-order valence-corrected chi connectivity index (χ2v) is 6.91. The summed E-state index contributed by atoms with van der Waals surface area (Å²) in [5.74, 6) is 0.878. The van der Waals surface area contributed by atoms with Gasteiger partial charge in [-0.25, -0.2) is 0 Å². The fourth-order valence-electron chi connectivity index (χ4n) is 3.23. The number of benzene rings is 1. The summed E-state index contributed by atoms with van der Waals surface area (Å²) >= 11 is 0. The third-order valence-corrected chi connectivity index (χ3v) is 4.59. The Balaban J connectivity index is 0.00000420. The highest BCUT2D eigenvalue weighted by atomic mass is 127. The van der Waals surface area contributed by atoms with Crippen molar-refractivity contribution in [3.63, 3.8) is 0 Å². The first-order valence-electron chi connectivity index (χ1n) is 9.80. The number of hydrogen-bond donors (Lipinski definition) is 2. The average Bonchev–Trinajstić information content (AvgIpc) is 3.15. The van der Waals surface area contributed by atoms with Gasteiger partial charge < -0.3 is 20.3 Å². The molecule has 29 heavy (non-hydrogen) atoms. The number of guanidine groups is 1. The minimum Gasteiger partial charge on any atom is -0.435 e. The molecule has 1 aromatic rings. The van der Waals surface area contributed by atoms with Crippen LogP contribution in [0.15, 0.2) is 29.3 Å². The van der Waals surface area contributed by atoms with E-state index in [0.29, 0.717) is 38.1 Å². The van der Waals surface area contributed by atoms with E-state index in [1.165, 1.54) is 25.0 Å². The highest BCUT2D eigenvalue weighted by Crippen LogP contribution is 2.18. The molecule has 2 N–H and O–H groups in total. The highest BCUT2D eigenvalue weighted by Gasteiger charge is 2.16. The van der Waals surface area contributed by atoms with Crippen LogP contribution in [0.3, 0.4) is 0 Å². The molecule has 0 radical (unpaired) electrons. The van der Waals surface area contributed by atoms with Gasteiger partial charge in [-0.3, -0.25) is 9.79 Å². The Morgan fingerprint density at radius 2 is 1.93 bits per heavy atom. The molecule has 9 heteroatoms. The summed E-state index contributed by atoms with van der Waals surface area (Å²) in [5, 5.41) is 6.27. The first-order valence-corrected chi connectivity index (χ1v) is 9.80. The van der Waals surface area contributed by atoms with E-state index >= 15 is 0 Å². The molecule has 0 atom stereocenters. The van der Waals surface area contributed by atoms with Crippen LogP contribution < -0.4 is 15.4 Å². The lowest BCUT2D eigenvalue weighted by Gasteiger charge is -2.22. The Morgan fingerprint density at radius 1 is 1.28 bits per heavy atom. The van der Waals surface area contributed by atoms with Crippen LogP contribution in [0.4, 0.5) is 8.78 Å². The van der Waals surface area contributed by atoms with E-state index in [1.807, 2.05) is 18.9 Å². The molecule has 1 saturated carbocycles. The van der Waals surface area contributed by atoms with Gasteiger partial charge in [-0.05, 0) is 37.5 Å². The Morgan fingerprint density at radius 3 is 2.52 bits per heavy atom. The van der Waals surface area contributed by atoms with Crippen molar-refractivity contribution in [3.05, 3.63) is 29.8 Å². The van der Waals surface area contributed by atoms with Crippen molar-refractivity contribution in [2.45, 2.75) is 58.2 Å². The molecule has 0 aliphatic heterocycles. The summed E-state index contributed by atoms with van der Waals surface area (Å²) in [5.41, 5.74) is 0.939. The number of aliphatic imine (C=N–C) groups is 1. The molecule has 164 valence electrons. The molecule has 0 heterocycles. The minimum atomic E-state index is -2.83. The number of nitrogens with zero attached hydrogens (tertiary/aromatic N) is 2. The van der Waals surface area contributed by atoms with Crippen molar-refractivity contribution in [1.29, 1.82) is 0 Å². The van der Waals surface area contributed by atoms with Gasteiger partial charge in [0.2, 0.25) is 5.91 Å². The second-order valence-electron chi connectivity index (χ2n) is 6.91. The fraction of sp³-hybridized carbons (Fsp3) is 0.600. The molecular weight excluding hydrogens is 493 g/mol. The van der Waals surface area contributed by atoms with Crippen molar-refractivity contribution in [1.82, 2.24) is 15.5 Å². The first-order chi connectivity index (χ1) is 13.5. The molecule has 1 aromatic carbocycles. The number of hydrogen-bond acceptors (Lipinski definition) is 3. The van der Waals surface area contributed by atoms with E-state index in [0.717, 1.165) is 18.4 Å². The Labute approximate surface area is 188 Å². The molecule has 1 aliphatic carbocycles. The summed E-state index contributed by atoms with van der Waals surface area (Å²) in [7, 11) is 1.89. The number of carbonyl (C=O) groups excluding carboxylic acids is 1. The Bertz CT molecular complexity index is 638. The molecule has 0 saturated heterocycles. The van der Waals surface area contributed by atoms with Crippen LogP contribution in [0.5, 0.6) is 5.75 Å². The number of ether oxygens (including phenoxy) is 1. The van der Waals surface area contributed by atoms with E-state index in [-0.39, 0.29) is 35.6 Å².